The number of rotatable bonds is 8. The molecule has 132 valence electrons. The topological polar surface area (TPSA) is 50.7 Å². The van der Waals surface area contributed by atoms with Gasteiger partial charge in [-0.05, 0) is 29.5 Å². The number of carbonyl (C=O) groups excluding carboxylic acids is 1. The van der Waals surface area contributed by atoms with Crippen LogP contribution in [0.1, 0.15) is 50.7 Å². The summed E-state index contributed by atoms with van der Waals surface area (Å²) >= 11 is 0. The largest absolute Gasteiger partial charge is 0.483 e. The van der Waals surface area contributed by atoms with Crippen molar-refractivity contribution in [3.05, 3.63) is 65.7 Å². The van der Waals surface area contributed by atoms with Crippen LogP contribution in [0, 0.1) is 0 Å². The Bertz CT molecular complexity index is 709. The molecule has 4 nitrogen and oxygen atoms in total. The van der Waals surface area contributed by atoms with Gasteiger partial charge in [0.05, 0.1) is 5.71 Å². The molecule has 0 bridgehead atoms. The molecule has 2 rings (SSSR count). The number of hydrogen-bond acceptors (Lipinski definition) is 3. The fourth-order valence-corrected chi connectivity index (χ4v) is 2.53. The highest BCUT2D eigenvalue weighted by Crippen LogP contribution is 2.25. The number of nitrogens with one attached hydrogen (secondary N) is 1. The molecule has 1 N–H and O–H groups in total. The Morgan fingerprint density at radius 2 is 1.76 bits per heavy atom. The normalized spacial score (nSPS) is 11.4. The summed E-state index contributed by atoms with van der Waals surface area (Å²) in [6.07, 6.45) is 1.77. The van der Waals surface area contributed by atoms with Crippen molar-refractivity contribution in [3.8, 4) is 5.75 Å². The number of nitrogens with zero attached hydrogens (tertiary/aromatic N) is 1. The van der Waals surface area contributed by atoms with Gasteiger partial charge in [0.15, 0.2) is 6.61 Å². The summed E-state index contributed by atoms with van der Waals surface area (Å²) < 4.78 is 5.68. The molecule has 0 fully saturated rings. The smallest absolute Gasteiger partial charge is 0.277 e. The summed E-state index contributed by atoms with van der Waals surface area (Å²) in [4.78, 5) is 12.1. The van der Waals surface area contributed by atoms with E-state index in [2.05, 4.69) is 31.3 Å². The first-order chi connectivity index (χ1) is 12.1. The SMILES string of the molecule is CCC/C(=N\NC(=O)COc1ccccc1C(C)C)c1ccccc1. The van der Waals surface area contributed by atoms with E-state index in [1.807, 2.05) is 54.6 Å². The summed E-state index contributed by atoms with van der Waals surface area (Å²) in [5.74, 6) is 0.822. The summed E-state index contributed by atoms with van der Waals surface area (Å²) in [7, 11) is 0. The number of ether oxygens (including phenoxy) is 1. The van der Waals surface area contributed by atoms with Gasteiger partial charge in [-0.25, -0.2) is 5.43 Å². The van der Waals surface area contributed by atoms with Gasteiger partial charge in [0.1, 0.15) is 5.75 Å². The van der Waals surface area contributed by atoms with Crippen LogP contribution in [0.3, 0.4) is 0 Å². The standard InChI is InChI=1S/C21H26N2O2/c1-4-10-19(17-11-6-5-7-12-17)22-23-21(24)15-25-20-14-9-8-13-18(20)16(2)3/h5-9,11-14,16H,4,10,15H2,1-3H3,(H,23,24)/b22-19+. The van der Waals surface area contributed by atoms with E-state index in [1.54, 1.807) is 0 Å². The summed E-state index contributed by atoms with van der Waals surface area (Å²) in [6, 6.07) is 17.7. The van der Waals surface area contributed by atoms with Crippen molar-refractivity contribution in [2.45, 2.75) is 39.5 Å². The highest BCUT2D eigenvalue weighted by atomic mass is 16.5. The van der Waals surface area contributed by atoms with E-state index in [9.17, 15) is 4.79 Å². The minimum Gasteiger partial charge on any atom is -0.483 e. The second kappa shape index (κ2) is 9.62. The van der Waals surface area contributed by atoms with Gasteiger partial charge in [0, 0.05) is 0 Å². The molecule has 0 saturated heterocycles. The van der Waals surface area contributed by atoms with Gasteiger partial charge in [-0.2, -0.15) is 5.10 Å². The van der Waals surface area contributed by atoms with Gasteiger partial charge in [0.25, 0.3) is 5.91 Å². The van der Waals surface area contributed by atoms with E-state index in [4.69, 9.17) is 4.74 Å². The molecular weight excluding hydrogens is 312 g/mol. The predicted molar refractivity (Wildman–Crippen MR) is 102 cm³/mol. The van der Waals surface area contributed by atoms with E-state index >= 15 is 0 Å². The number of carbonyl (C=O) groups is 1. The molecule has 0 unspecified atom stereocenters. The predicted octanol–water partition coefficient (Wildman–Crippen LogP) is 4.51. The molecule has 0 radical (unpaired) electrons. The van der Waals surface area contributed by atoms with Crippen LogP contribution in [0.15, 0.2) is 59.7 Å². The van der Waals surface area contributed by atoms with Crippen LogP contribution in [0.25, 0.3) is 0 Å². The first-order valence-corrected chi connectivity index (χ1v) is 8.74. The second-order valence-corrected chi connectivity index (χ2v) is 6.19. The molecule has 0 heterocycles. The lowest BCUT2D eigenvalue weighted by Gasteiger charge is -2.13. The van der Waals surface area contributed by atoms with Crippen molar-refractivity contribution >= 4 is 11.6 Å². The molecule has 2 aromatic carbocycles. The van der Waals surface area contributed by atoms with E-state index in [0.29, 0.717) is 5.92 Å². The van der Waals surface area contributed by atoms with E-state index in [-0.39, 0.29) is 12.5 Å². The maximum Gasteiger partial charge on any atom is 0.277 e. The van der Waals surface area contributed by atoms with Crippen molar-refractivity contribution in [2.75, 3.05) is 6.61 Å². The van der Waals surface area contributed by atoms with Gasteiger partial charge in [0.2, 0.25) is 0 Å². The number of hydrazone groups is 1. The van der Waals surface area contributed by atoms with Crippen molar-refractivity contribution in [1.29, 1.82) is 0 Å². The minimum atomic E-state index is -0.261. The van der Waals surface area contributed by atoms with Gasteiger partial charge in [-0.3, -0.25) is 4.79 Å². The maximum absolute atomic E-state index is 12.1. The van der Waals surface area contributed by atoms with Crippen LogP contribution < -0.4 is 10.2 Å². The lowest BCUT2D eigenvalue weighted by molar-refractivity contribution is -0.123. The molecule has 1 amide bonds. The van der Waals surface area contributed by atoms with Crippen LogP contribution in [-0.4, -0.2) is 18.2 Å². The van der Waals surface area contributed by atoms with Crippen LogP contribution in [0.4, 0.5) is 0 Å². The zero-order chi connectivity index (χ0) is 18.1. The third-order valence-corrected chi connectivity index (χ3v) is 3.81. The minimum absolute atomic E-state index is 0.0541. The van der Waals surface area contributed by atoms with Crippen molar-refractivity contribution in [2.24, 2.45) is 5.10 Å². The zero-order valence-corrected chi connectivity index (χ0v) is 15.2. The zero-order valence-electron chi connectivity index (χ0n) is 15.2. The quantitative estimate of drug-likeness (QED) is 0.569. The Morgan fingerprint density at radius 3 is 2.44 bits per heavy atom. The van der Waals surface area contributed by atoms with Crippen LogP contribution in [0.2, 0.25) is 0 Å². The molecular formula is C21H26N2O2. The monoisotopic (exact) mass is 338 g/mol. The van der Waals surface area contributed by atoms with Crippen molar-refractivity contribution in [3.63, 3.8) is 0 Å². The van der Waals surface area contributed by atoms with Crippen LogP contribution >= 0.6 is 0 Å². The second-order valence-electron chi connectivity index (χ2n) is 6.19. The Labute approximate surface area is 149 Å². The molecule has 0 atom stereocenters. The van der Waals surface area contributed by atoms with Gasteiger partial charge < -0.3 is 4.74 Å². The molecule has 2 aromatic rings. The van der Waals surface area contributed by atoms with E-state index < -0.39 is 0 Å². The molecule has 4 heteroatoms. The Kier molecular flexibility index (Phi) is 7.20. The number of amides is 1. The molecule has 25 heavy (non-hydrogen) atoms. The van der Waals surface area contributed by atoms with Crippen molar-refractivity contribution < 1.29 is 9.53 Å². The first kappa shape index (κ1) is 18.7. The van der Waals surface area contributed by atoms with E-state index in [0.717, 1.165) is 35.4 Å². The average molecular weight is 338 g/mol. The molecule has 0 aromatic heterocycles. The Morgan fingerprint density at radius 1 is 1.08 bits per heavy atom. The lowest BCUT2D eigenvalue weighted by atomic mass is 10.0. The first-order valence-electron chi connectivity index (χ1n) is 8.74. The van der Waals surface area contributed by atoms with Crippen LogP contribution in [0.5, 0.6) is 5.75 Å². The highest BCUT2D eigenvalue weighted by molar-refractivity contribution is 6.01. The van der Waals surface area contributed by atoms with Crippen LogP contribution in [-0.2, 0) is 4.79 Å². The average Bonchev–Trinajstić information content (AvgIpc) is 2.64. The molecule has 0 saturated carbocycles. The third-order valence-electron chi connectivity index (χ3n) is 3.81. The van der Waals surface area contributed by atoms with E-state index in [1.165, 1.54) is 0 Å². The Hall–Kier alpha value is -2.62. The Balaban J connectivity index is 1.97. The number of benzene rings is 2. The maximum atomic E-state index is 12.1. The third kappa shape index (κ3) is 5.75. The lowest BCUT2D eigenvalue weighted by Crippen LogP contribution is -2.26. The summed E-state index contributed by atoms with van der Waals surface area (Å²) in [6.45, 7) is 6.24. The number of hydrogen-bond donors (Lipinski definition) is 1. The highest BCUT2D eigenvalue weighted by Gasteiger charge is 2.09. The van der Waals surface area contributed by atoms with Crippen molar-refractivity contribution in [1.82, 2.24) is 5.43 Å². The molecule has 0 aliphatic carbocycles. The summed E-state index contributed by atoms with van der Waals surface area (Å²) in [5, 5.41) is 4.29. The number of para-hydroxylation sites is 1. The fourth-order valence-electron chi connectivity index (χ4n) is 2.53. The summed E-state index contributed by atoms with van der Waals surface area (Å²) in [5.41, 5.74) is 5.60. The molecule has 0 aliphatic heterocycles. The van der Waals surface area contributed by atoms with Gasteiger partial charge in [-0.15, -0.1) is 0 Å². The van der Waals surface area contributed by atoms with Gasteiger partial charge >= 0.3 is 0 Å². The molecule has 0 aliphatic rings. The fraction of sp³-hybridized carbons (Fsp3) is 0.333. The molecule has 0 spiro atoms. The van der Waals surface area contributed by atoms with Gasteiger partial charge in [-0.1, -0.05) is 75.7 Å².